The lowest BCUT2D eigenvalue weighted by atomic mass is 10.1. The van der Waals surface area contributed by atoms with Crippen LogP contribution in [0.2, 0.25) is 10.0 Å². The molecule has 0 radical (unpaired) electrons. The maximum absolute atomic E-state index is 9.89. The molecule has 0 saturated heterocycles. The molecule has 5 heteroatoms. The van der Waals surface area contributed by atoms with Crippen LogP contribution in [-0.4, -0.2) is 23.4 Å². The highest BCUT2D eigenvalue weighted by Gasteiger charge is 2.03. The average molecular weight is 375 g/mol. The maximum Gasteiger partial charge on any atom is 0.140 e. The predicted octanol–water partition coefficient (Wildman–Crippen LogP) is 3.78. The summed E-state index contributed by atoms with van der Waals surface area (Å²) in [7, 11) is 0. The van der Waals surface area contributed by atoms with Gasteiger partial charge in [-0.05, 0) is 35.4 Å². The molecular weight excluding hydrogens is 359 g/mol. The van der Waals surface area contributed by atoms with Crippen molar-refractivity contribution in [2.75, 3.05) is 13.2 Å². The molecule has 0 aliphatic carbocycles. The van der Waals surface area contributed by atoms with E-state index in [0.717, 1.165) is 0 Å². The Morgan fingerprint density at radius 2 is 1.08 bits per heavy atom. The van der Waals surface area contributed by atoms with Crippen LogP contribution in [0.5, 0.6) is 0 Å². The van der Waals surface area contributed by atoms with E-state index in [4.69, 9.17) is 27.9 Å². The number of halogens is 2. The van der Waals surface area contributed by atoms with E-state index in [0.29, 0.717) is 21.2 Å². The van der Waals surface area contributed by atoms with Gasteiger partial charge in [-0.2, -0.15) is 0 Å². The Hall–Kier alpha value is -1.98. The Morgan fingerprint density at radius 3 is 1.44 bits per heavy atom. The van der Waals surface area contributed by atoms with E-state index >= 15 is 0 Å². The van der Waals surface area contributed by atoms with Gasteiger partial charge in [0.25, 0.3) is 0 Å². The minimum Gasteiger partial charge on any atom is -0.376 e. The lowest BCUT2D eigenvalue weighted by Crippen LogP contribution is -1.97. The van der Waals surface area contributed by atoms with Crippen LogP contribution in [0.25, 0.3) is 0 Å². The highest BCUT2D eigenvalue weighted by Crippen LogP contribution is 2.16. The highest BCUT2D eigenvalue weighted by molar-refractivity contribution is 6.30. The molecule has 0 heterocycles. The number of rotatable bonds is 4. The smallest absolute Gasteiger partial charge is 0.140 e. The second-order valence-corrected chi connectivity index (χ2v) is 5.92. The molecule has 0 saturated carbocycles. The average Bonchev–Trinajstić information content (AvgIpc) is 2.61. The van der Waals surface area contributed by atoms with Crippen LogP contribution in [0.4, 0.5) is 0 Å². The van der Waals surface area contributed by atoms with Crippen LogP contribution in [0.3, 0.4) is 0 Å². The Balaban J connectivity index is 1.73. The minimum atomic E-state index is -0.890. The summed E-state index contributed by atoms with van der Waals surface area (Å²) in [4.78, 5) is 0. The van der Waals surface area contributed by atoms with Gasteiger partial charge in [-0.15, -0.1) is 0 Å². The SMILES string of the molecule is OC(C#CCOCC#CC(O)c1ccc(Cl)cc1)c1ccc(Cl)cc1. The number of benzene rings is 2. The van der Waals surface area contributed by atoms with Gasteiger partial charge in [0.15, 0.2) is 0 Å². The number of ether oxygens (including phenoxy) is 1. The molecule has 2 aromatic rings. The molecule has 2 atom stereocenters. The first kappa shape index (κ1) is 19.3. The Labute approximate surface area is 157 Å². The van der Waals surface area contributed by atoms with E-state index in [9.17, 15) is 10.2 Å². The van der Waals surface area contributed by atoms with Crippen molar-refractivity contribution in [2.24, 2.45) is 0 Å². The van der Waals surface area contributed by atoms with Crippen LogP contribution in [0.1, 0.15) is 23.3 Å². The van der Waals surface area contributed by atoms with Crippen molar-refractivity contribution in [1.29, 1.82) is 0 Å². The molecule has 0 aromatic heterocycles. The summed E-state index contributed by atoms with van der Waals surface area (Å²) >= 11 is 11.6. The van der Waals surface area contributed by atoms with Crippen LogP contribution < -0.4 is 0 Å². The largest absolute Gasteiger partial charge is 0.376 e. The molecule has 2 N–H and O–H groups in total. The molecule has 0 bridgehead atoms. The number of hydrogen-bond donors (Lipinski definition) is 2. The fourth-order valence-electron chi connectivity index (χ4n) is 1.89. The third-order valence-corrected chi connectivity index (χ3v) is 3.70. The second-order valence-electron chi connectivity index (χ2n) is 5.04. The third kappa shape index (κ3) is 6.80. The Kier molecular flexibility index (Phi) is 7.82. The fraction of sp³-hybridized carbons (Fsp3) is 0.200. The topological polar surface area (TPSA) is 49.7 Å². The molecule has 0 aliphatic heterocycles. The molecule has 2 unspecified atom stereocenters. The number of aliphatic hydroxyl groups excluding tert-OH is 2. The molecule has 0 spiro atoms. The molecule has 0 aliphatic rings. The molecule has 2 aromatic carbocycles. The monoisotopic (exact) mass is 374 g/mol. The second kappa shape index (κ2) is 10.1. The number of aliphatic hydroxyl groups is 2. The summed E-state index contributed by atoms with van der Waals surface area (Å²) in [5.41, 5.74) is 1.34. The van der Waals surface area contributed by atoms with Gasteiger partial charge in [0, 0.05) is 10.0 Å². The summed E-state index contributed by atoms with van der Waals surface area (Å²) < 4.78 is 5.23. The summed E-state index contributed by atoms with van der Waals surface area (Å²) in [6, 6.07) is 13.6. The molecule has 2 rings (SSSR count). The van der Waals surface area contributed by atoms with E-state index in [2.05, 4.69) is 23.7 Å². The summed E-state index contributed by atoms with van der Waals surface area (Å²) in [5, 5.41) is 21.0. The first-order valence-corrected chi connectivity index (χ1v) is 8.23. The van der Waals surface area contributed by atoms with E-state index in [-0.39, 0.29) is 13.2 Å². The van der Waals surface area contributed by atoms with Crippen molar-refractivity contribution in [2.45, 2.75) is 12.2 Å². The molecule has 25 heavy (non-hydrogen) atoms. The molecular formula is C20H16Cl2O3. The molecule has 128 valence electrons. The summed E-state index contributed by atoms with van der Waals surface area (Å²) in [6.07, 6.45) is -1.78. The standard InChI is InChI=1S/C20H16Cl2O3/c21-17-9-5-15(6-10-17)19(23)3-1-13-25-14-2-4-20(24)16-7-11-18(22)12-8-16/h5-12,19-20,23-24H,13-14H2. The van der Waals surface area contributed by atoms with Crippen molar-refractivity contribution >= 4 is 23.2 Å². The van der Waals surface area contributed by atoms with Crippen molar-refractivity contribution in [1.82, 2.24) is 0 Å². The highest BCUT2D eigenvalue weighted by atomic mass is 35.5. The van der Waals surface area contributed by atoms with Gasteiger partial charge in [-0.3, -0.25) is 0 Å². The van der Waals surface area contributed by atoms with E-state index in [1.54, 1.807) is 48.5 Å². The molecule has 3 nitrogen and oxygen atoms in total. The van der Waals surface area contributed by atoms with Gasteiger partial charge in [-0.25, -0.2) is 0 Å². The number of hydrogen-bond acceptors (Lipinski definition) is 3. The van der Waals surface area contributed by atoms with Crippen molar-refractivity contribution in [3.63, 3.8) is 0 Å². The van der Waals surface area contributed by atoms with Crippen molar-refractivity contribution in [3.05, 3.63) is 69.7 Å². The third-order valence-electron chi connectivity index (χ3n) is 3.20. The van der Waals surface area contributed by atoms with Gasteiger partial charge in [-0.1, -0.05) is 71.1 Å². The summed E-state index contributed by atoms with van der Waals surface area (Å²) in [5.74, 6) is 10.8. The van der Waals surface area contributed by atoms with Gasteiger partial charge >= 0.3 is 0 Å². The summed E-state index contributed by atoms with van der Waals surface area (Å²) in [6.45, 7) is 0.271. The van der Waals surface area contributed by atoms with Gasteiger partial charge in [0.2, 0.25) is 0 Å². The zero-order valence-corrected chi connectivity index (χ0v) is 14.8. The van der Waals surface area contributed by atoms with E-state index in [1.807, 2.05) is 0 Å². The molecule has 0 fully saturated rings. The van der Waals surface area contributed by atoms with Crippen LogP contribution in [0.15, 0.2) is 48.5 Å². The normalized spacial score (nSPS) is 12.3. The van der Waals surface area contributed by atoms with Gasteiger partial charge in [0.05, 0.1) is 0 Å². The predicted molar refractivity (Wildman–Crippen MR) is 99.2 cm³/mol. The van der Waals surface area contributed by atoms with E-state index in [1.165, 1.54) is 0 Å². The Bertz CT molecular complexity index is 724. The van der Waals surface area contributed by atoms with Crippen molar-refractivity contribution < 1.29 is 14.9 Å². The molecule has 0 amide bonds. The lowest BCUT2D eigenvalue weighted by molar-refractivity contribution is 0.201. The Morgan fingerprint density at radius 1 is 0.720 bits per heavy atom. The first-order chi connectivity index (χ1) is 12.1. The van der Waals surface area contributed by atoms with Gasteiger partial charge in [0.1, 0.15) is 25.4 Å². The van der Waals surface area contributed by atoms with Gasteiger partial charge < -0.3 is 14.9 Å². The minimum absolute atomic E-state index is 0.135. The maximum atomic E-state index is 9.89. The van der Waals surface area contributed by atoms with E-state index < -0.39 is 12.2 Å². The zero-order valence-electron chi connectivity index (χ0n) is 13.2. The zero-order chi connectivity index (χ0) is 18.1. The van der Waals surface area contributed by atoms with Crippen LogP contribution in [0, 0.1) is 23.7 Å². The van der Waals surface area contributed by atoms with Crippen LogP contribution >= 0.6 is 23.2 Å². The fourth-order valence-corrected chi connectivity index (χ4v) is 2.14. The van der Waals surface area contributed by atoms with Crippen LogP contribution in [-0.2, 0) is 4.74 Å². The first-order valence-electron chi connectivity index (χ1n) is 7.48. The lowest BCUT2D eigenvalue weighted by Gasteiger charge is -2.03. The van der Waals surface area contributed by atoms with Crippen molar-refractivity contribution in [3.8, 4) is 23.7 Å². The quantitative estimate of drug-likeness (QED) is 0.632.